The number of anilines is 3. The molecule has 8 N–H and O–H groups in total. The van der Waals surface area contributed by atoms with E-state index in [1.807, 2.05) is 0 Å². The van der Waals surface area contributed by atoms with Gasteiger partial charge in [-0.2, -0.15) is 5.26 Å². The fraction of sp³-hybridized carbons (Fsp3) is 0.119. The standard InChI is InChI=1S/C42H36N6O9/c1-23(2)57-37-33(18-17-32(36(37)50)40(53)45-30-15-11-26(12-16-30)42(55)56)47-38(51)25-9-13-31(14-10-25)46-41(54)34(21-35(44)49)48-39(52)29-8-4-7-28(20-29)27-6-3-5-24(19-27)22-43/h3-20,23,34,50H,21H2,1-2H3,(H2,44,49)(H,45,53)(H,46,54)(H,47,51)(H,48,52)(H,55,56)/t34-/m0/s1. The third kappa shape index (κ3) is 10.4. The maximum Gasteiger partial charge on any atom is 0.335 e. The van der Waals surface area contributed by atoms with Gasteiger partial charge < -0.3 is 42.0 Å². The fourth-order valence-electron chi connectivity index (χ4n) is 5.49. The number of carboxylic acids is 1. The number of amides is 5. The molecule has 0 unspecified atom stereocenters. The van der Waals surface area contributed by atoms with Crippen molar-refractivity contribution in [3.05, 3.63) is 137 Å². The summed E-state index contributed by atoms with van der Waals surface area (Å²) >= 11 is 0. The Morgan fingerprint density at radius 1 is 0.719 bits per heavy atom. The third-order valence-corrected chi connectivity index (χ3v) is 8.26. The van der Waals surface area contributed by atoms with E-state index in [1.54, 1.807) is 56.3 Å². The van der Waals surface area contributed by atoms with Crippen LogP contribution in [0.15, 0.2) is 109 Å². The number of phenols is 1. The number of hydrogen-bond acceptors (Lipinski definition) is 9. The number of nitrogens with one attached hydrogen (secondary N) is 4. The van der Waals surface area contributed by atoms with Crippen molar-refractivity contribution in [1.29, 1.82) is 5.26 Å². The molecule has 5 rings (SSSR count). The molecule has 0 saturated heterocycles. The van der Waals surface area contributed by atoms with E-state index in [0.29, 0.717) is 16.7 Å². The molecule has 0 fully saturated rings. The van der Waals surface area contributed by atoms with Gasteiger partial charge in [0.05, 0.1) is 41.0 Å². The SMILES string of the molecule is CC(C)Oc1c(NC(=O)c2ccc(NC(=O)[C@H](CC(N)=O)NC(=O)c3cccc(-c4cccc(C#N)c4)c3)cc2)ccc(C(=O)Nc2ccc(C(=O)O)cc2)c1O. The van der Waals surface area contributed by atoms with Crippen molar-refractivity contribution in [2.75, 3.05) is 16.0 Å². The Hall–Kier alpha value is -7.99. The Labute approximate surface area is 326 Å². The van der Waals surface area contributed by atoms with Crippen LogP contribution < -0.4 is 31.7 Å². The van der Waals surface area contributed by atoms with E-state index in [-0.39, 0.29) is 45.1 Å². The van der Waals surface area contributed by atoms with Crippen molar-refractivity contribution in [3.63, 3.8) is 0 Å². The number of primary amides is 1. The molecule has 0 heterocycles. The number of nitrogens with two attached hydrogens (primary N) is 1. The molecule has 57 heavy (non-hydrogen) atoms. The van der Waals surface area contributed by atoms with Gasteiger partial charge in [-0.15, -0.1) is 0 Å². The van der Waals surface area contributed by atoms with E-state index in [4.69, 9.17) is 15.6 Å². The molecule has 15 heteroatoms. The molecule has 5 aromatic carbocycles. The van der Waals surface area contributed by atoms with E-state index in [9.17, 15) is 39.1 Å². The van der Waals surface area contributed by atoms with E-state index in [0.717, 1.165) is 0 Å². The second kappa shape index (κ2) is 17.9. The van der Waals surface area contributed by atoms with Gasteiger partial charge in [0.25, 0.3) is 17.7 Å². The van der Waals surface area contributed by atoms with E-state index < -0.39 is 59.8 Å². The van der Waals surface area contributed by atoms with Gasteiger partial charge in [-0.1, -0.05) is 24.3 Å². The van der Waals surface area contributed by atoms with Crippen LogP contribution in [-0.2, 0) is 9.59 Å². The van der Waals surface area contributed by atoms with Crippen molar-refractivity contribution in [2.45, 2.75) is 32.4 Å². The summed E-state index contributed by atoms with van der Waals surface area (Å²) in [4.78, 5) is 75.8. The number of benzene rings is 5. The van der Waals surface area contributed by atoms with Crippen molar-refractivity contribution < 1.29 is 43.7 Å². The molecular formula is C42H36N6O9. The van der Waals surface area contributed by atoms with Gasteiger partial charge in [0.2, 0.25) is 11.8 Å². The first-order chi connectivity index (χ1) is 27.2. The average Bonchev–Trinajstić information content (AvgIpc) is 3.19. The van der Waals surface area contributed by atoms with E-state index in [1.165, 1.54) is 66.7 Å². The minimum Gasteiger partial charge on any atom is -0.504 e. The van der Waals surface area contributed by atoms with Crippen molar-refractivity contribution >= 4 is 52.6 Å². The Morgan fingerprint density at radius 3 is 1.95 bits per heavy atom. The van der Waals surface area contributed by atoms with Crippen LogP contribution in [-0.4, -0.2) is 57.9 Å². The number of aromatic hydroxyl groups is 1. The van der Waals surface area contributed by atoms with Gasteiger partial charge in [0.15, 0.2) is 11.5 Å². The molecule has 0 aliphatic heterocycles. The Kier molecular flexibility index (Phi) is 12.6. The van der Waals surface area contributed by atoms with Crippen molar-refractivity contribution in [2.24, 2.45) is 5.73 Å². The first-order valence-electron chi connectivity index (χ1n) is 17.3. The molecule has 0 aromatic heterocycles. The van der Waals surface area contributed by atoms with Gasteiger partial charge in [-0.05, 0) is 110 Å². The molecule has 1 atom stereocenters. The highest BCUT2D eigenvalue weighted by atomic mass is 16.5. The van der Waals surface area contributed by atoms with E-state index >= 15 is 0 Å². The summed E-state index contributed by atoms with van der Waals surface area (Å²) in [7, 11) is 0. The number of carbonyl (C=O) groups excluding carboxylic acids is 5. The fourth-order valence-corrected chi connectivity index (χ4v) is 5.49. The van der Waals surface area contributed by atoms with Gasteiger partial charge >= 0.3 is 5.97 Å². The van der Waals surface area contributed by atoms with Crippen LogP contribution in [0.2, 0.25) is 0 Å². The Morgan fingerprint density at radius 2 is 1.33 bits per heavy atom. The predicted octanol–water partition coefficient (Wildman–Crippen LogP) is 5.53. The van der Waals surface area contributed by atoms with Crippen LogP contribution >= 0.6 is 0 Å². The zero-order valence-corrected chi connectivity index (χ0v) is 30.5. The molecule has 0 radical (unpaired) electrons. The zero-order chi connectivity index (χ0) is 41.2. The van der Waals surface area contributed by atoms with Crippen LogP contribution in [0, 0.1) is 11.3 Å². The maximum atomic E-state index is 13.3. The predicted molar refractivity (Wildman–Crippen MR) is 210 cm³/mol. The second-order valence-electron chi connectivity index (χ2n) is 12.8. The van der Waals surface area contributed by atoms with Crippen LogP contribution in [0.1, 0.15) is 67.3 Å². The first-order valence-corrected chi connectivity index (χ1v) is 17.3. The number of rotatable bonds is 14. The van der Waals surface area contributed by atoms with Gasteiger partial charge in [-0.3, -0.25) is 24.0 Å². The van der Waals surface area contributed by atoms with Gasteiger partial charge in [0.1, 0.15) is 6.04 Å². The highest BCUT2D eigenvalue weighted by Crippen LogP contribution is 2.39. The average molecular weight is 769 g/mol. The number of carboxylic acid groups (broad SMARTS) is 1. The summed E-state index contributed by atoms with van der Waals surface area (Å²) < 4.78 is 5.77. The molecule has 5 amide bonds. The lowest BCUT2D eigenvalue weighted by molar-refractivity contribution is -0.123. The highest BCUT2D eigenvalue weighted by Gasteiger charge is 2.25. The van der Waals surface area contributed by atoms with Gasteiger partial charge in [0, 0.05) is 22.5 Å². The smallest absolute Gasteiger partial charge is 0.335 e. The zero-order valence-electron chi connectivity index (χ0n) is 30.5. The Bertz CT molecular complexity index is 2400. The topological polar surface area (TPSA) is 250 Å². The number of nitriles is 1. The number of carbonyl (C=O) groups is 6. The summed E-state index contributed by atoms with van der Waals surface area (Å²) in [5, 5.41) is 39.8. The highest BCUT2D eigenvalue weighted by molar-refractivity contribution is 6.10. The van der Waals surface area contributed by atoms with Crippen LogP contribution in [0.5, 0.6) is 11.5 Å². The third-order valence-electron chi connectivity index (χ3n) is 8.26. The number of nitrogens with zero attached hydrogens (tertiary/aromatic N) is 1. The normalized spacial score (nSPS) is 11.1. The molecule has 0 saturated carbocycles. The van der Waals surface area contributed by atoms with Crippen molar-refractivity contribution in [1.82, 2.24) is 5.32 Å². The first kappa shape index (κ1) is 40.2. The van der Waals surface area contributed by atoms with Gasteiger partial charge in [-0.25, -0.2) is 4.79 Å². The molecule has 288 valence electrons. The van der Waals surface area contributed by atoms with Crippen LogP contribution in [0.25, 0.3) is 11.1 Å². The molecule has 5 aromatic rings. The monoisotopic (exact) mass is 768 g/mol. The molecule has 0 spiro atoms. The summed E-state index contributed by atoms with van der Waals surface area (Å²) in [6.45, 7) is 3.37. The quantitative estimate of drug-likeness (QED) is 0.0744. The summed E-state index contributed by atoms with van der Waals surface area (Å²) in [5.74, 6) is -5.41. The molecular weight excluding hydrogens is 732 g/mol. The van der Waals surface area contributed by atoms with Crippen LogP contribution in [0.3, 0.4) is 0 Å². The molecule has 0 aliphatic carbocycles. The summed E-state index contributed by atoms with van der Waals surface area (Å²) in [5.41, 5.74) is 7.95. The largest absolute Gasteiger partial charge is 0.504 e. The summed E-state index contributed by atoms with van der Waals surface area (Å²) in [6, 6.07) is 27.8. The minimum atomic E-state index is -1.35. The molecule has 15 nitrogen and oxygen atoms in total. The molecule has 0 aliphatic rings. The van der Waals surface area contributed by atoms with Crippen LogP contribution in [0.4, 0.5) is 17.1 Å². The van der Waals surface area contributed by atoms with Crippen molar-refractivity contribution in [3.8, 4) is 28.7 Å². The number of phenolic OH excluding ortho intramolecular Hbond substituents is 1. The second-order valence-corrected chi connectivity index (χ2v) is 12.8. The minimum absolute atomic E-state index is 0.0261. The lowest BCUT2D eigenvalue weighted by Gasteiger charge is -2.19. The lowest BCUT2D eigenvalue weighted by Crippen LogP contribution is -2.46. The summed E-state index contributed by atoms with van der Waals surface area (Å²) in [6.07, 6.45) is -0.978. The Balaban J connectivity index is 1.26. The molecule has 0 bridgehead atoms. The maximum absolute atomic E-state index is 13.3. The number of hydrogen-bond donors (Lipinski definition) is 7. The number of aromatic carboxylic acids is 1. The lowest BCUT2D eigenvalue weighted by atomic mass is 10.0. The number of ether oxygens (including phenoxy) is 1. The van der Waals surface area contributed by atoms with E-state index in [2.05, 4.69) is 27.3 Å².